The smallest absolute Gasteiger partial charge is 0.252 e. The second-order valence-electron chi connectivity index (χ2n) is 4.67. The molecule has 6 heteroatoms. The van der Waals surface area contributed by atoms with Crippen LogP contribution in [0.5, 0.6) is 0 Å². The predicted octanol–water partition coefficient (Wildman–Crippen LogP) is 2.36. The Morgan fingerprint density at radius 2 is 2.16 bits per heavy atom. The lowest BCUT2D eigenvalue weighted by Crippen LogP contribution is -2.27. The van der Waals surface area contributed by atoms with Crippen LogP contribution >= 0.6 is 11.3 Å². The summed E-state index contributed by atoms with van der Waals surface area (Å²) in [4.78, 5) is 1.07. The van der Waals surface area contributed by atoms with Crippen LogP contribution in [-0.2, 0) is 16.6 Å². The molecule has 0 unspecified atom stereocenters. The topological polar surface area (TPSA) is 49.4 Å². The molecule has 0 spiro atoms. The Bertz CT molecular complexity index is 547. The van der Waals surface area contributed by atoms with Gasteiger partial charge in [-0.1, -0.05) is 19.1 Å². The van der Waals surface area contributed by atoms with E-state index in [1.807, 2.05) is 20.8 Å². The Balaban J connectivity index is 2.99. The van der Waals surface area contributed by atoms with Crippen molar-refractivity contribution >= 4 is 21.4 Å². The number of hydrogen-bond acceptors (Lipinski definition) is 4. The third-order valence-electron chi connectivity index (χ3n) is 2.69. The third-order valence-corrected chi connectivity index (χ3v) is 6.18. The molecule has 1 rings (SSSR count). The molecule has 0 amide bonds. The fraction of sp³-hybridized carbons (Fsp3) is 0.538. The highest BCUT2D eigenvalue weighted by Crippen LogP contribution is 2.28. The Morgan fingerprint density at radius 1 is 1.53 bits per heavy atom. The lowest BCUT2D eigenvalue weighted by molar-refractivity contribution is 0.495. The van der Waals surface area contributed by atoms with Crippen molar-refractivity contribution in [1.29, 1.82) is 0 Å². The molecule has 1 N–H and O–H groups in total. The van der Waals surface area contributed by atoms with E-state index in [0.717, 1.165) is 22.6 Å². The number of aryl methyl sites for hydroxylation is 1. The van der Waals surface area contributed by atoms with E-state index in [2.05, 4.69) is 11.9 Å². The monoisotopic (exact) mass is 302 g/mol. The minimum absolute atomic E-state index is 0.349. The maximum atomic E-state index is 12.4. The summed E-state index contributed by atoms with van der Waals surface area (Å²) in [5, 5.41) is 3.22. The molecule has 0 aromatic carbocycles. The van der Waals surface area contributed by atoms with E-state index in [1.54, 1.807) is 13.1 Å². The van der Waals surface area contributed by atoms with Gasteiger partial charge in [-0.2, -0.15) is 4.31 Å². The van der Waals surface area contributed by atoms with Gasteiger partial charge >= 0.3 is 0 Å². The Hall–Kier alpha value is -0.690. The van der Waals surface area contributed by atoms with Crippen LogP contribution in [-0.4, -0.2) is 32.9 Å². The molecular weight excluding hydrogens is 280 g/mol. The van der Waals surface area contributed by atoms with Gasteiger partial charge in [-0.25, -0.2) is 8.42 Å². The summed E-state index contributed by atoms with van der Waals surface area (Å²) >= 11 is 1.34. The number of hydrogen-bond donors (Lipinski definition) is 1. The standard InChI is InChI=1S/C13H22N2O2S2/c1-6-14-8-12-11(4)7-13(18-12)19(16,17)15(5)9-10(2)3/h7,14H,2,6,8-9H2,1,3-5H3. The van der Waals surface area contributed by atoms with Gasteiger partial charge in [0.15, 0.2) is 0 Å². The highest BCUT2D eigenvalue weighted by Gasteiger charge is 2.23. The molecule has 0 aliphatic carbocycles. The second-order valence-corrected chi connectivity index (χ2v) is 8.08. The third kappa shape index (κ3) is 4.14. The molecule has 0 fully saturated rings. The Labute approximate surface area is 120 Å². The van der Waals surface area contributed by atoms with Gasteiger partial charge in [-0.05, 0) is 32.0 Å². The number of likely N-dealkylation sites (N-methyl/N-ethyl adjacent to an activating group) is 1. The molecule has 0 radical (unpaired) electrons. The number of thiophene rings is 1. The van der Waals surface area contributed by atoms with Crippen molar-refractivity contribution in [3.05, 3.63) is 28.7 Å². The molecule has 108 valence electrons. The van der Waals surface area contributed by atoms with Gasteiger partial charge in [0.25, 0.3) is 10.0 Å². The van der Waals surface area contributed by atoms with Crippen LogP contribution < -0.4 is 5.32 Å². The summed E-state index contributed by atoms with van der Waals surface area (Å²) in [5.74, 6) is 0. The normalized spacial score (nSPS) is 12.1. The molecular formula is C13H22N2O2S2. The summed E-state index contributed by atoms with van der Waals surface area (Å²) < 4.78 is 26.5. The summed E-state index contributed by atoms with van der Waals surface area (Å²) in [6.45, 7) is 11.5. The maximum Gasteiger partial charge on any atom is 0.252 e. The minimum Gasteiger partial charge on any atom is -0.312 e. The molecule has 0 saturated heterocycles. The highest BCUT2D eigenvalue weighted by atomic mass is 32.2. The van der Waals surface area contributed by atoms with Gasteiger partial charge < -0.3 is 5.32 Å². The second kappa shape index (κ2) is 6.65. The van der Waals surface area contributed by atoms with Crippen molar-refractivity contribution in [1.82, 2.24) is 9.62 Å². The van der Waals surface area contributed by atoms with E-state index < -0.39 is 10.0 Å². The fourth-order valence-corrected chi connectivity index (χ4v) is 4.65. The maximum absolute atomic E-state index is 12.4. The molecule has 0 atom stereocenters. The van der Waals surface area contributed by atoms with Gasteiger partial charge in [0.2, 0.25) is 0 Å². The van der Waals surface area contributed by atoms with E-state index in [-0.39, 0.29) is 0 Å². The summed E-state index contributed by atoms with van der Waals surface area (Å²) in [7, 11) is -1.81. The van der Waals surface area contributed by atoms with Gasteiger partial charge in [-0.3, -0.25) is 0 Å². The van der Waals surface area contributed by atoms with Crippen LogP contribution in [0.25, 0.3) is 0 Å². The highest BCUT2D eigenvalue weighted by molar-refractivity contribution is 7.91. The van der Waals surface area contributed by atoms with Gasteiger partial charge in [0.1, 0.15) is 4.21 Å². The first-order valence-corrected chi connectivity index (χ1v) is 8.45. The number of sulfonamides is 1. The van der Waals surface area contributed by atoms with Crippen LogP contribution in [0.3, 0.4) is 0 Å². The van der Waals surface area contributed by atoms with E-state index in [4.69, 9.17) is 0 Å². The quantitative estimate of drug-likeness (QED) is 0.787. The Morgan fingerprint density at radius 3 is 2.68 bits per heavy atom. The van der Waals surface area contributed by atoms with E-state index in [0.29, 0.717) is 17.3 Å². The van der Waals surface area contributed by atoms with Crippen LogP contribution in [0.4, 0.5) is 0 Å². The van der Waals surface area contributed by atoms with E-state index in [1.165, 1.54) is 15.6 Å². The minimum atomic E-state index is -3.40. The Kier molecular flexibility index (Phi) is 5.73. The van der Waals surface area contributed by atoms with Crippen molar-refractivity contribution in [3.63, 3.8) is 0 Å². The summed E-state index contributed by atoms with van der Waals surface area (Å²) in [6.07, 6.45) is 0. The van der Waals surface area contributed by atoms with E-state index in [9.17, 15) is 8.42 Å². The van der Waals surface area contributed by atoms with Crippen LogP contribution in [0, 0.1) is 6.92 Å². The van der Waals surface area contributed by atoms with Crippen molar-refractivity contribution in [2.45, 2.75) is 31.5 Å². The van der Waals surface area contributed by atoms with Gasteiger partial charge in [0, 0.05) is 25.0 Å². The molecule has 0 aliphatic rings. The molecule has 0 saturated carbocycles. The van der Waals surface area contributed by atoms with Crippen molar-refractivity contribution in [3.8, 4) is 0 Å². The largest absolute Gasteiger partial charge is 0.312 e. The first-order valence-electron chi connectivity index (χ1n) is 6.19. The lowest BCUT2D eigenvalue weighted by Gasteiger charge is -2.15. The fourth-order valence-electron chi connectivity index (χ4n) is 1.65. The zero-order chi connectivity index (χ0) is 14.6. The van der Waals surface area contributed by atoms with Crippen molar-refractivity contribution in [2.24, 2.45) is 0 Å². The zero-order valence-electron chi connectivity index (χ0n) is 12.0. The van der Waals surface area contributed by atoms with Crippen LogP contribution in [0.1, 0.15) is 24.3 Å². The van der Waals surface area contributed by atoms with Gasteiger partial charge in [0.05, 0.1) is 0 Å². The average Bonchev–Trinajstić information content (AvgIpc) is 2.67. The van der Waals surface area contributed by atoms with Crippen LogP contribution in [0.15, 0.2) is 22.4 Å². The molecule has 0 aliphatic heterocycles. The SMILES string of the molecule is C=C(C)CN(C)S(=O)(=O)c1cc(C)c(CNCC)s1. The number of nitrogens with zero attached hydrogens (tertiary/aromatic N) is 1. The summed E-state index contributed by atoms with van der Waals surface area (Å²) in [6, 6.07) is 1.75. The molecule has 4 nitrogen and oxygen atoms in total. The van der Waals surface area contributed by atoms with E-state index >= 15 is 0 Å². The average molecular weight is 302 g/mol. The number of rotatable bonds is 7. The predicted molar refractivity (Wildman–Crippen MR) is 81.1 cm³/mol. The molecule has 1 aromatic heterocycles. The molecule has 19 heavy (non-hydrogen) atoms. The zero-order valence-corrected chi connectivity index (χ0v) is 13.6. The summed E-state index contributed by atoms with van der Waals surface area (Å²) in [5.41, 5.74) is 1.85. The van der Waals surface area contributed by atoms with Crippen molar-refractivity contribution in [2.75, 3.05) is 20.1 Å². The molecule has 1 heterocycles. The first-order chi connectivity index (χ1) is 8.78. The first kappa shape index (κ1) is 16.4. The van der Waals surface area contributed by atoms with Crippen molar-refractivity contribution < 1.29 is 8.42 Å². The lowest BCUT2D eigenvalue weighted by atomic mass is 10.3. The number of nitrogens with one attached hydrogen (secondary N) is 1. The molecule has 1 aromatic rings. The molecule has 0 bridgehead atoms. The van der Waals surface area contributed by atoms with Crippen LogP contribution in [0.2, 0.25) is 0 Å². The van der Waals surface area contributed by atoms with Gasteiger partial charge in [-0.15, -0.1) is 11.3 Å².